The van der Waals surface area contributed by atoms with E-state index in [1.807, 2.05) is 32.9 Å². The van der Waals surface area contributed by atoms with Gasteiger partial charge in [0.05, 0.1) is 22.5 Å². The van der Waals surface area contributed by atoms with Gasteiger partial charge in [-0.2, -0.15) is 15.0 Å². The van der Waals surface area contributed by atoms with Gasteiger partial charge >= 0.3 is 0 Å². The summed E-state index contributed by atoms with van der Waals surface area (Å²) in [6, 6.07) is 31.3. The average molecular weight is 1150 g/mol. The molecule has 0 spiro atoms. The summed E-state index contributed by atoms with van der Waals surface area (Å²) in [4.78, 5) is 77.7. The van der Waals surface area contributed by atoms with E-state index in [0.717, 1.165) is 53.4 Å². The number of halogens is 1. The predicted octanol–water partition coefficient (Wildman–Crippen LogP) is 8.66. The molecule has 6 aliphatic rings. The van der Waals surface area contributed by atoms with Crippen LogP contribution < -0.4 is 16.7 Å². The lowest BCUT2D eigenvalue weighted by Crippen LogP contribution is -2.22. The predicted molar refractivity (Wildman–Crippen MR) is 310 cm³/mol. The van der Waals surface area contributed by atoms with E-state index in [-0.39, 0.29) is 29.8 Å². The number of benzene rings is 3. The van der Waals surface area contributed by atoms with E-state index in [9.17, 15) is 14.4 Å². The Bertz CT molecular complexity index is 4580. The molecule has 22 heteroatoms. The van der Waals surface area contributed by atoms with Crippen LogP contribution in [0, 0.1) is 38.5 Å². The molecule has 0 unspecified atom stereocenters. The number of pyridine rings is 3. The molecular formula is C63H52ClN15O6. The first kappa shape index (κ1) is 52.1. The van der Waals surface area contributed by atoms with Crippen molar-refractivity contribution in [2.24, 2.45) is 17.8 Å². The third kappa shape index (κ3) is 9.29. The van der Waals surface area contributed by atoms with E-state index in [2.05, 4.69) is 138 Å². The molecule has 12 aromatic rings. The van der Waals surface area contributed by atoms with E-state index in [0.29, 0.717) is 110 Å². The Morgan fingerprint density at radius 2 is 0.847 bits per heavy atom. The summed E-state index contributed by atoms with van der Waals surface area (Å²) >= 11 is 5.67. The number of nitrogens with one attached hydrogen (secondary N) is 1. The van der Waals surface area contributed by atoms with Crippen LogP contribution in [0.2, 0.25) is 0 Å². The molecule has 0 saturated heterocycles. The molecule has 0 amide bonds. The van der Waals surface area contributed by atoms with Crippen molar-refractivity contribution in [1.82, 2.24) is 74.4 Å². The van der Waals surface area contributed by atoms with Crippen molar-refractivity contribution >= 4 is 44.7 Å². The van der Waals surface area contributed by atoms with Gasteiger partial charge < -0.3 is 18.6 Å². The average Bonchev–Trinajstić information content (AvgIpc) is 1.65. The molecule has 0 aliphatic heterocycles. The van der Waals surface area contributed by atoms with Gasteiger partial charge in [-0.25, -0.2) is 29.9 Å². The number of aromatic nitrogens is 15. The molecule has 21 nitrogen and oxygen atoms in total. The number of alkyl halides is 1. The second kappa shape index (κ2) is 20.8. The van der Waals surface area contributed by atoms with Gasteiger partial charge in [0.25, 0.3) is 16.7 Å². The number of aromatic amines is 1. The highest BCUT2D eigenvalue weighted by Gasteiger charge is 2.60. The van der Waals surface area contributed by atoms with Gasteiger partial charge in [-0.15, -0.1) is 11.6 Å². The Labute approximate surface area is 487 Å². The smallest absolute Gasteiger partial charge is 0.263 e. The standard InChI is InChI=1S/2C21H17N5O2.C13H11ClN2O.C8H7N3O/c2*1-11-6-7-22-19-16(11)21(27)26(10-23-19)9-15-24-20(25-28-15)18-14-8-12-4-2-3-5-13(12)17(14)18;14-6-10-15-13(16-17-10)12-9-5-7-3-1-2-4-8(7)11(9)12;1-5-2-3-9-7-6(5)8(12)11-4-10-7/h2*2-7,10,14,17-18H,8-9H2,1H3;1-4,9,11-12H,5-6H2;2-4H,1H3,(H,9,10,11,12)/t2*14-,17+,18+;9-,11+,12+;/m101./s1. The second-order valence-corrected chi connectivity index (χ2v) is 23.0. The Balaban J connectivity index is 0.000000101. The first-order valence-corrected chi connectivity index (χ1v) is 28.8. The normalized spacial score (nSPS) is 21.9. The number of aryl methyl sites for hydroxylation is 3. The van der Waals surface area contributed by atoms with Crippen LogP contribution in [0.3, 0.4) is 0 Å². The summed E-state index contributed by atoms with van der Waals surface area (Å²) in [5.74, 6) is 8.54. The van der Waals surface area contributed by atoms with Crippen LogP contribution in [0.1, 0.15) is 121 Å². The van der Waals surface area contributed by atoms with Crippen LogP contribution in [0.5, 0.6) is 0 Å². The number of H-pyrrole nitrogens is 1. The molecule has 18 rings (SSSR count). The Kier molecular flexibility index (Phi) is 12.8. The SMILES string of the molecule is Cc1ccnc2nc[nH]c(=O)c12.Cc1ccnc2ncn(Cc3nc([C@@H]4[C@H]5Cc6ccccc6[C@H]54)no3)c(=O)c12.Cc1ccnc2ncn(Cc3nc([C@H]4[C@@H]5Cc6ccccc6[C@@H]54)no3)c(=O)c12.ClCc1nc([C@H]2[C@@H]3Cc4ccccc4[C@@H]32)no1. The van der Waals surface area contributed by atoms with Crippen LogP contribution in [0.4, 0.5) is 0 Å². The van der Waals surface area contributed by atoms with E-state index in [1.54, 1.807) is 24.7 Å². The molecule has 3 fully saturated rings. The van der Waals surface area contributed by atoms with E-state index in [1.165, 1.54) is 61.5 Å². The van der Waals surface area contributed by atoms with Crippen LogP contribution in [0.25, 0.3) is 33.1 Å². The fraction of sp³-hybridized carbons (Fsp3) is 0.286. The monoisotopic (exact) mass is 1150 g/mol. The maximum atomic E-state index is 12.8. The van der Waals surface area contributed by atoms with Crippen molar-refractivity contribution in [3.63, 3.8) is 0 Å². The number of fused-ring (bicyclic) bond motifs is 12. The van der Waals surface area contributed by atoms with E-state index < -0.39 is 0 Å². The van der Waals surface area contributed by atoms with E-state index in [4.69, 9.17) is 25.2 Å². The lowest BCUT2D eigenvalue weighted by Gasteiger charge is -2.05. The topological polar surface area (TPSA) is 271 Å². The summed E-state index contributed by atoms with van der Waals surface area (Å²) in [7, 11) is 0. The van der Waals surface area contributed by atoms with Gasteiger partial charge in [-0.05, 0) is 144 Å². The fourth-order valence-electron chi connectivity index (χ4n) is 13.6. The highest BCUT2D eigenvalue weighted by molar-refractivity contribution is 6.16. The van der Waals surface area contributed by atoms with Gasteiger partial charge in [-0.3, -0.25) is 23.5 Å². The Morgan fingerprint density at radius 3 is 1.25 bits per heavy atom. The van der Waals surface area contributed by atoms with Crippen LogP contribution in [-0.2, 0) is 38.2 Å². The zero-order valence-corrected chi connectivity index (χ0v) is 46.9. The number of hydrogen-bond acceptors (Lipinski definition) is 18. The third-order valence-electron chi connectivity index (χ3n) is 17.8. The van der Waals surface area contributed by atoms with Crippen molar-refractivity contribution in [3.8, 4) is 0 Å². The van der Waals surface area contributed by atoms with Crippen molar-refractivity contribution < 1.29 is 13.6 Å². The van der Waals surface area contributed by atoms with Crippen molar-refractivity contribution in [2.45, 2.75) is 94.5 Å². The van der Waals surface area contributed by atoms with Gasteiger partial charge in [0.1, 0.15) is 31.6 Å². The van der Waals surface area contributed by atoms with Crippen LogP contribution >= 0.6 is 11.6 Å². The van der Waals surface area contributed by atoms with Gasteiger partial charge in [0.2, 0.25) is 17.7 Å². The first-order valence-electron chi connectivity index (χ1n) is 28.3. The molecule has 3 aromatic carbocycles. The fourth-order valence-corrected chi connectivity index (χ4v) is 13.7. The minimum absolute atomic E-state index is 0.134. The second-order valence-electron chi connectivity index (χ2n) is 22.7. The van der Waals surface area contributed by atoms with Crippen molar-refractivity contribution in [1.29, 1.82) is 0 Å². The van der Waals surface area contributed by atoms with Crippen LogP contribution in [0.15, 0.2) is 157 Å². The summed E-state index contributed by atoms with van der Waals surface area (Å²) in [6.45, 7) is 6.04. The van der Waals surface area contributed by atoms with Crippen LogP contribution in [-0.4, -0.2) is 74.4 Å². The molecule has 9 atom stereocenters. The maximum Gasteiger partial charge on any atom is 0.263 e. The van der Waals surface area contributed by atoms with Gasteiger partial charge in [-0.1, -0.05) is 88.3 Å². The molecule has 1 N–H and O–H groups in total. The van der Waals surface area contributed by atoms with Crippen molar-refractivity contribution in [3.05, 3.63) is 245 Å². The summed E-state index contributed by atoms with van der Waals surface area (Å²) < 4.78 is 19.0. The van der Waals surface area contributed by atoms with Gasteiger partial charge in [0.15, 0.2) is 34.4 Å². The molecule has 6 aliphatic carbocycles. The largest absolute Gasteiger partial charge is 0.338 e. The molecule has 422 valence electrons. The zero-order chi connectivity index (χ0) is 57.6. The minimum atomic E-state index is -0.146. The summed E-state index contributed by atoms with van der Waals surface area (Å²) in [5.41, 5.74) is 12.3. The lowest BCUT2D eigenvalue weighted by molar-refractivity contribution is 0.364. The van der Waals surface area contributed by atoms with Crippen molar-refractivity contribution in [2.75, 3.05) is 0 Å². The highest BCUT2D eigenvalue weighted by atomic mass is 35.5. The molecule has 3 saturated carbocycles. The molecule has 9 aromatic heterocycles. The minimum Gasteiger partial charge on any atom is -0.338 e. The maximum absolute atomic E-state index is 12.8. The number of nitrogens with zero attached hydrogens (tertiary/aromatic N) is 14. The van der Waals surface area contributed by atoms with E-state index >= 15 is 0 Å². The molecule has 9 heterocycles. The molecular weight excluding hydrogens is 1100 g/mol. The Morgan fingerprint density at radius 1 is 0.471 bits per heavy atom. The zero-order valence-electron chi connectivity index (χ0n) is 46.2. The summed E-state index contributed by atoms with van der Waals surface area (Å²) in [6.07, 6.45) is 12.6. The number of hydrogen-bond donors (Lipinski definition) is 1. The lowest BCUT2D eigenvalue weighted by atomic mass is 10.0. The molecule has 85 heavy (non-hydrogen) atoms. The highest BCUT2D eigenvalue weighted by Crippen LogP contribution is 2.67. The molecule has 0 radical (unpaired) electrons. The summed E-state index contributed by atoms with van der Waals surface area (Å²) in [5, 5.41) is 14.1. The first-order chi connectivity index (χ1) is 41.6. The quantitative estimate of drug-likeness (QED) is 0.139. The molecule has 0 bridgehead atoms. The Hall–Kier alpha value is -9.76. The van der Waals surface area contributed by atoms with Gasteiger partial charge in [0, 0.05) is 36.3 Å². The third-order valence-corrected chi connectivity index (χ3v) is 18.0. The number of rotatable bonds is 8.